The van der Waals surface area contributed by atoms with E-state index in [0.717, 1.165) is 23.1 Å². The van der Waals surface area contributed by atoms with E-state index in [9.17, 15) is 9.59 Å². The van der Waals surface area contributed by atoms with Crippen molar-refractivity contribution in [3.05, 3.63) is 34.0 Å². The normalized spacial score (nSPS) is 16.2. The molecule has 2 aromatic rings. The van der Waals surface area contributed by atoms with Gasteiger partial charge in [-0.2, -0.15) is 5.10 Å². The van der Waals surface area contributed by atoms with Crippen LogP contribution in [0.1, 0.15) is 57.0 Å². The van der Waals surface area contributed by atoms with Gasteiger partial charge in [0.15, 0.2) is 5.82 Å². The number of ether oxygens (including phenoxy) is 1. The molecule has 0 spiro atoms. The minimum absolute atomic E-state index is 0.235. The van der Waals surface area contributed by atoms with Crippen LogP contribution in [0.25, 0.3) is 5.52 Å². The zero-order valence-corrected chi connectivity index (χ0v) is 13.7. The van der Waals surface area contributed by atoms with Gasteiger partial charge in [0.2, 0.25) is 5.91 Å². The highest BCUT2D eigenvalue weighted by Crippen LogP contribution is 2.30. The van der Waals surface area contributed by atoms with Gasteiger partial charge in [0.25, 0.3) is 5.56 Å². The van der Waals surface area contributed by atoms with E-state index >= 15 is 0 Å². The van der Waals surface area contributed by atoms with E-state index < -0.39 is 5.91 Å². The number of nitrogens with two attached hydrogens (primary N) is 1. The summed E-state index contributed by atoms with van der Waals surface area (Å²) in [7, 11) is 0. The van der Waals surface area contributed by atoms with E-state index in [-0.39, 0.29) is 30.2 Å². The number of nitrogens with zero attached hydrogens (tertiary/aromatic N) is 3. The third kappa shape index (κ3) is 3.14. The van der Waals surface area contributed by atoms with E-state index in [1.807, 2.05) is 19.2 Å². The van der Waals surface area contributed by atoms with Gasteiger partial charge in [-0.05, 0) is 37.3 Å². The second-order valence-corrected chi connectivity index (χ2v) is 6.45. The van der Waals surface area contributed by atoms with E-state index in [2.05, 4.69) is 18.9 Å². The van der Waals surface area contributed by atoms with Gasteiger partial charge in [-0.3, -0.25) is 14.0 Å². The summed E-state index contributed by atoms with van der Waals surface area (Å²) in [6.07, 6.45) is 4.02. The second kappa shape index (κ2) is 5.81. The molecule has 1 saturated carbocycles. The second-order valence-electron chi connectivity index (χ2n) is 6.45. The van der Waals surface area contributed by atoms with Crippen LogP contribution in [0.2, 0.25) is 0 Å². The molecule has 0 saturated heterocycles. The molecule has 0 aromatic carbocycles. The molecule has 1 aliphatic carbocycles. The molecule has 124 valence electrons. The Morgan fingerprint density at radius 3 is 2.70 bits per heavy atom. The van der Waals surface area contributed by atoms with E-state index in [1.54, 1.807) is 4.40 Å². The van der Waals surface area contributed by atoms with Crippen molar-refractivity contribution in [2.24, 2.45) is 5.73 Å². The summed E-state index contributed by atoms with van der Waals surface area (Å²) < 4.78 is 8.82. The molecule has 3 rings (SSSR count). The van der Waals surface area contributed by atoms with Gasteiger partial charge in [-0.25, -0.2) is 4.68 Å². The van der Waals surface area contributed by atoms with Gasteiger partial charge in [0.05, 0.1) is 6.10 Å². The average Bonchev–Trinajstić information content (AvgIpc) is 3.15. The summed E-state index contributed by atoms with van der Waals surface area (Å²) in [4.78, 5) is 23.8. The molecule has 1 amide bonds. The van der Waals surface area contributed by atoms with E-state index in [0.29, 0.717) is 11.3 Å². The maximum atomic E-state index is 12.5. The number of carbonyl (C=O) groups is 1. The number of hydrogen-bond acceptors (Lipinski definition) is 4. The molecule has 1 fully saturated rings. The standard InChI is InChI=1S/C16H22N4O3/c1-9(2)11-6-13-16(22)20(8-14(17)21)18-15(19(13)7-11)10(3)23-12-4-5-12/h6-7,9-10,12H,4-5,8H2,1-3H3,(H2,17,21). The van der Waals surface area contributed by atoms with Crippen LogP contribution in [-0.2, 0) is 16.1 Å². The highest BCUT2D eigenvalue weighted by molar-refractivity contribution is 5.73. The van der Waals surface area contributed by atoms with Crippen LogP contribution in [-0.4, -0.2) is 26.2 Å². The molecule has 1 aliphatic rings. The molecule has 2 aromatic heterocycles. The number of aromatic nitrogens is 3. The fourth-order valence-corrected chi connectivity index (χ4v) is 2.59. The first-order valence-electron chi connectivity index (χ1n) is 7.93. The van der Waals surface area contributed by atoms with Crippen LogP contribution in [0.15, 0.2) is 17.1 Å². The molecular formula is C16H22N4O3. The summed E-state index contributed by atoms with van der Waals surface area (Å²) in [5, 5.41) is 4.34. The van der Waals surface area contributed by atoms with Crippen LogP contribution in [0, 0.1) is 0 Å². The topological polar surface area (TPSA) is 91.6 Å². The molecule has 1 atom stereocenters. The number of fused-ring (bicyclic) bond motifs is 1. The lowest BCUT2D eigenvalue weighted by atomic mass is 10.1. The van der Waals surface area contributed by atoms with Crippen molar-refractivity contribution < 1.29 is 9.53 Å². The van der Waals surface area contributed by atoms with Crippen molar-refractivity contribution >= 4 is 11.4 Å². The van der Waals surface area contributed by atoms with Crippen molar-refractivity contribution in [2.45, 2.75) is 58.3 Å². The highest BCUT2D eigenvalue weighted by atomic mass is 16.5. The van der Waals surface area contributed by atoms with Gasteiger partial charge in [0, 0.05) is 6.20 Å². The molecule has 0 aliphatic heterocycles. The SMILES string of the molecule is CC(C)c1cc2c(=O)n(CC(N)=O)nc(C(C)OC3CC3)n2c1. The Balaban J connectivity index is 2.15. The molecule has 7 nitrogen and oxygen atoms in total. The quantitative estimate of drug-likeness (QED) is 0.870. The smallest absolute Gasteiger partial charge is 0.291 e. The fraction of sp³-hybridized carbons (Fsp3) is 0.562. The van der Waals surface area contributed by atoms with Gasteiger partial charge >= 0.3 is 0 Å². The highest BCUT2D eigenvalue weighted by Gasteiger charge is 2.27. The minimum Gasteiger partial charge on any atom is -0.368 e. The Hall–Kier alpha value is -2.15. The average molecular weight is 318 g/mol. The molecule has 0 radical (unpaired) electrons. The minimum atomic E-state index is -0.596. The molecule has 23 heavy (non-hydrogen) atoms. The van der Waals surface area contributed by atoms with E-state index in [4.69, 9.17) is 10.5 Å². The fourth-order valence-electron chi connectivity index (χ4n) is 2.59. The lowest BCUT2D eigenvalue weighted by Gasteiger charge is -2.15. The largest absolute Gasteiger partial charge is 0.368 e. The third-order valence-electron chi connectivity index (χ3n) is 4.02. The van der Waals surface area contributed by atoms with Crippen LogP contribution in [0.5, 0.6) is 0 Å². The van der Waals surface area contributed by atoms with Crippen LogP contribution >= 0.6 is 0 Å². The maximum absolute atomic E-state index is 12.5. The van der Waals surface area contributed by atoms with Crippen molar-refractivity contribution in [3.63, 3.8) is 0 Å². The Morgan fingerprint density at radius 1 is 1.43 bits per heavy atom. The molecule has 1 unspecified atom stereocenters. The van der Waals surface area contributed by atoms with E-state index in [1.165, 1.54) is 0 Å². The maximum Gasteiger partial charge on any atom is 0.291 e. The summed E-state index contributed by atoms with van der Waals surface area (Å²) in [6.45, 7) is 5.80. The molecule has 2 N–H and O–H groups in total. The first-order chi connectivity index (χ1) is 10.9. The van der Waals surface area contributed by atoms with Crippen molar-refractivity contribution in [3.8, 4) is 0 Å². The first-order valence-corrected chi connectivity index (χ1v) is 7.93. The molecule has 2 heterocycles. The van der Waals surface area contributed by atoms with Gasteiger partial charge < -0.3 is 10.5 Å². The lowest BCUT2D eigenvalue weighted by Crippen LogP contribution is -2.33. The summed E-state index contributed by atoms with van der Waals surface area (Å²) in [6, 6.07) is 1.85. The zero-order chi connectivity index (χ0) is 16.7. The Labute approximate surface area is 134 Å². The predicted octanol–water partition coefficient (Wildman–Crippen LogP) is 1.34. The monoisotopic (exact) mass is 318 g/mol. The summed E-state index contributed by atoms with van der Waals surface area (Å²) in [5.74, 6) is 0.298. The molecule has 7 heteroatoms. The number of amides is 1. The number of rotatable bonds is 6. The lowest BCUT2D eigenvalue weighted by molar-refractivity contribution is -0.118. The molecular weight excluding hydrogens is 296 g/mol. The number of primary amides is 1. The number of hydrogen-bond donors (Lipinski definition) is 1. The first kappa shape index (κ1) is 15.7. The third-order valence-corrected chi connectivity index (χ3v) is 4.02. The molecule has 0 bridgehead atoms. The number of carbonyl (C=O) groups excluding carboxylic acids is 1. The van der Waals surface area contributed by atoms with Crippen LogP contribution in [0.4, 0.5) is 0 Å². The Kier molecular flexibility index (Phi) is 3.97. The van der Waals surface area contributed by atoms with Crippen molar-refractivity contribution in [1.82, 2.24) is 14.2 Å². The Morgan fingerprint density at radius 2 is 2.13 bits per heavy atom. The summed E-state index contributed by atoms with van der Waals surface area (Å²) in [5.41, 5.74) is 6.44. The predicted molar refractivity (Wildman–Crippen MR) is 85.3 cm³/mol. The van der Waals surface area contributed by atoms with Gasteiger partial charge in [-0.15, -0.1) is 0 Å². The van der Waals surface area contributed by atoms with Crippen LogP contribution in [0.3, 0.4) is 0 Å². The van der Waals surface area contributed by atoms with Gasteiger partial charge in [0.1, 0.15) is 18.2 Å². The summed E-state index contributed by atoms with van der Waals surface area (Å²) >= 11 is 0. The zero-order valence-electron chi connectivity index (χ0n) is 13.7. The van der Waals surface area contributed by atoms with Crippen molar-refractivity contribution in [1.29, 1.82) is 0 Å². The Bertz CT molecular complexity index is 801. The van der Waals surface area contributed by atoms with Crippen molar-refractivity contribution in [2.75, 3.05) is 0 Å². The van der Waals surface area contributed by atoms with Gasteiger partial charge in [-0.1, -0.05) is 13.8 Å². The van der Waals surface area contributed by atoms with Crippen LogP contribution < -0.4 is 11.3 Å².